The molecule has 1 aromatic heterocycles. The van der Waals surface area contributed by atoms with Crippen molar-refractivity contribution in [3.63, 3.8) is 0 Å². The number of aromatic nitrogens is 3. The van der Waals surface area contributed by atoms with E-state index in [0.29, 0.717) is 5.56 Å². The molecule has 0 aliphatic carbocycles. The third-order valence-corrected chi connectivity index (χ3v) is 6.37. The molecule has 0 radical (unpaired) electrons. The summed E-state index contributed by atoms with van der Waals surface area (Å²) in [5.74, 6) is -2.11. The lowest BCUT2D eigenvalue weighted by atomic mass is 9.89. The summed E-state index contributed by atoms with van der Waals surface area (Å²) in [5.41, 5.74) is 6.43. The molecule has 0 spiro atoms. The van der Waals surface area contributed by atoms with Crippen molar-refractivity contribution >= 4 is 35.1 Å². The number of nitrogens with zero attached hydrogens (tertiary/aromatic N) is 3. The van der Waals surface area contributed by atoms with Gasteiger partial charge in [0.05, 0.1) is 11.6 Å². The molecule has 0 saturated carbocycles. The molecule has 0 saturated heterocycles. The van der Waals surface area contributed by atoms with Crippen molar-refractivity contribution in [2.75, 3.05) is 5.75 Å². The first kappa shape index (κ1) is 21.9. The van der Waals surface area contributed by atoms with Gasteiger partial charge in [-0.1, -0.05) is 35.9 Å². The standard InChI is InChI=1S/C20H18ClFN4O3S/c21-16-4-2-1-3-15(16)18(27)20(10-26-12-24-11-25-26,30-9-17(23)19(28)29)13-5-7-14(22)8-6-13/h1-8,11-12,17H,9-10,23H2,(H,28,29). The van der Waals surface area contributed by atoms with Gasteiger partial charge in [0.2, 0.25) is 0 Å². The highest BCUT2D eigenvalue weighted by atomic mass is 35.5. The predicted molar refractivity (Wildman–Crippen MR) is 112 cm³/mol. The average molecular weight is 449 g/mol. The number of carboxylic acids is 1. The summed E-state index contributed by atoms with van der Waals surface area (Å²) in [6, 6.07) is 10.8. The molecule has 156 valence electrons. The minimum atomic E-state index is -1.38. The van der Waals surface area contributed by atoms with E-state index in [9.17, 15) is 19.1 Å². The maximum atomic E-state index is 13.8. The van der Waals surface area contributed by atoms with E-state index in [1.165, 1.54) is 41.6 Å². The Morgan fingerprint density at radius 2 is 1.93 bits per heavy atom. The van der Waals surface area contributed by atoms with Crippen LogP contribution in [-0.4, -0.2) is 43.4 Å². The Hall–Kier alpha value is -2.75. The molecule has 2 aromatic carbocycles. The number of thioether (sulfide) groups is 1. The Kier molecular flexibility index (Phi) is 6.86. The monoisotopic (exact) mass is 448 g/mol. The molecule has 0 aliphatic heterocycles. The zero-order valence-electron chi connectivity index (χ0n) is 15.6. The summed E-state index contributed by atoms with van der Waals surface area (Å²) in [4.78, 5) is 29.0. The second kappa shape index (κ2) is 9.38. The van der Waals surface area contributed by atoms with Gasteiger partial charge in [-0.25, -0.2) is 9.37 Å². The van der Waals surface area contributed by atoms with Crippen molar-refractivity contribution in [1.82, 2.24) is 14.8 Å². The van der Waals surface area contributed by atoms with E-state index in [1.54, 1.807) is 24.3 Å². The van der Waals surface area contributed by atoms with E-state index >= 15 is 0 Å². The van der Waals surface area contributed by atoms with Gasteiger partial charge in [-0.05, 0) is 29.8 Å². The smallest absolute Gasteiger partial charge is 0.321 e. The van der Waals surface area contributed by atoms with Gasteiger partial charge in [0.25, 0.3) is 0 Å². The van der Waals surface area contributed by atoms with Gasteiger partial charge in [0.1, 0.15) is 29.3 Å². The summed E-state index contributed by atoms with van der Waals surface area (Å²) in [6.07, 6.45) is 2.76. The Bertz CT molecular complexity index is 1030. The van der Waals surface area contributed by atoms with Crippen LogP contribution >= 0.6 is 23.4 Å². The van der Waals surface area contributed by atoms with Gasteiger partial charge in [0, 0.05) is 11.3 Å². The van der Waals surface area contributed by atoms with Crippen LogP contribution in [0, 0.1) is 5.82 Å². The molecule has 30 heavy (non-hydrogen) atoms. The Morgan fingerprint density at radius 1 is 1.23 bits per heavy atom. The van der Waals surface area contributed by atoms with E-state index in [4.69, 9.17) is 17.3 Å². The summed E-state index contributed by atoms with van der Waals surface area (Å²) >= 11 is 7.34. The zero-order valence-corrected chi connectivity index (χ0v) is 17.2. The normalized spacial score (nSPS) is 14.1. The minimum Gasteiger partial charge on any atom is -0.480 e. The number of aliphatic carboxylic acids is 1. The maximum absolute atomic E-state index is 13.8. The van der Waals surface area contributed by atoms with Gasteiger partial charge in [-0.3, -0.25) is 14.3 Å². The summed E-state index contributed by atoms with van der Waals surface area (Å²) in [7, 11) is 0. The summed E-state index contributed by atoms with van der Waals surface area (Å²) in [5, 5.41) is 13.6. The topological polar surface area (TPSA) is 111 Å². The molecule has 0 aliphatic rings. The largest absolute Gasteiger partial charge is 0.480 e. The fraction of sp³-hybridized carbons (Fsp3) is 0.200. The van der Waals surface area contributed by atoms with Crippen molar-refractivity contribution in [1.29, 1.82) is 0 Å². The molecule has 3 rings (SSSR count). The van der Waals surface area contributed by atoms with Gasteiger partial charge < -0.3 is 10.8 Å². The van der Waals surface area contributed by atoms with Crippen LogP contribution in [0.4, 0.5) is 4.39 Å². The number of carboxylic acid groups (broad SMARTS) is 1. The average Bonchev–Trinajstić information content (AvgIpc) is 3.24. The first-order valence-corrected chi connectivity index (χ1v) is 10.2. The van der Waals surface area contributed by atoms with Crippen molar-refractivity contribution in [2.24, 2.45) is 5.73 Å². The molecular formula is C20H18ClFN4O3S. The van der Waals surface area contributed by atoms with Crippen LogP contribution in [0.3, 0.4) is 0 Å². The third kappa shape index (κ3) is 4.69. The molecule has 2 unspecified atom stereocenters. The highest BCUT2D eigenvalue weighted by Gasteiger charge is 2.43. The molecule has 10 heteroatoms. The van der Waals surface area contributed by atoms with E-state index in [2.05, 4.69) is 10.1 Å². The van der Waals surface area contributed by atoms with Crippen LogP contribution in [-0.2, 0) is 16.1 Å². The van der Waals surface area contributed by atoms with E-state index in [0.717, 1.165) is 11.8 Å². The van der Waals surface area contributed by atoms with Crippen LogP contribution in [0.5, 0.6) is 0 Å². The van der Waals surface area contributed by atoms with Crippen molar-refractivity contribution in [3.8, 4) is 0 Å². The Morgan fingerprint density at radius 3 is 2.53 bits per heavy atom. The number of carbonyl (C=O) groups excluding carboxylic acids is 1. The molecule has 2 atom stereocenters. The number of hydrogen-bond donors (Lipinski definition) is 2. The SMILES string of the molecule is NC(CSC(Cn1cncn1)(C(=O)c1ccccc1Cl)c1ccc(F)cc1)C(=O)O. The lowest BCUT2D eigenvalue weighted by Gasteiger charge is -2.33. The van der Waals surface area contributed by atoms with E-state index < -0.39 is 22.6 Å². The summed E-state index contributed by atoms with van der Waals surface area (Å²) in [6.45, 7) is 0.0136. The van der Waals surface area contributed by atoms with Crippen LogP contribution in [0.15, 0.2) is 61.2 Å². The highest BCUT2D eigenvalue weighted by molar-refractivity contribution is 8.01. The molecule has 3 N–H and O–H groups in total. The predicted octanol–water partition coefficient (Wildman–Crippen LogP) is 2.99. The fourth-order valence-electron chi connectivity index (χ4n) is 2.92. The molecular weight excluding hydrogens is 431 g/mol. The first-order valence-electron chi connectivity index (χ1n) is 8.83. The number of halogens is 2. The number of benzene rings is 2. The maximum Gasteiger partial charge on any atom is 0.321 e. The van der Waals surface area contributed by atoms with Crippen LogP contribution in [0.1, 0.15) is 15.9 Å². The van der Waals surface area contributed by atoms with Gasteiger partial charge in [-0.2, -0.15) is 5.10 Å². The zero-order chi connectivity index (χ0) is 21.7. The first-order chi connectivity index (χ1) is 14.3. The second-order valence-electron chi connectivity index (χ2n) is 6.49. The van der Waals surface area contributed by atoms with Crippen LogP contribution in [0.25, 0.3) is 0 Å². The van der Waals surface area contributed by atoms with Crippen LogP contribution < -0.4 is 5.73 Å². The van der Waals surface area contributed by atoms with Crippen molar-refractivity contribution in [2.45, 2.75) is 17.3 Å². The molecule has 3 aromatic rings. The number of ketones is 1. The van der Waals surface area contributed by atoms with Crippen LogP contribution in [0.2, 0.25) is 5.02 Å². The Labute approximate surface area is 181 Å². The fourth-order valence-corrected chi connectivity index (χ4v) is 4.51. The number of carbonyl (C=O) groups is 2. The van der Waals surface area contributed by atoms with E-state index in [-0.39, 0.29) is 28.7 Å². The van der Waals surface area contributed by atoms with Gasteiger partial charge in [-0.15, -0.1) is 11.8 Å². The number of nitrogens with two attached hydrogens (primary N) is 1. The minimum absolute atomic E-state index is 0.0136. The van der Waals surface area contributed by atoms with Crippen molar-refractivity contribution < 1.29 is 19.1 Å². The van der Waals surface area contributed by atoms with Gasteiger partial charge >= 0.3 is 5.97 Å². The van der Waals surface area contributed by atoms with Crippen molar-refractivity contribution in [3.05, 3.63) is 83.2 Å². The molecule has 0 bridgehead atoms. The highest BCUT2D eigenvalue weighted by Crippen LogP contribution is 2.42. The lowest BCUT2D eigenvalue weighted by Crippen LogP contribution is -2.41. The quantitative estimate of drug-likeness (QED) is 0.484. The number of Topliss-reactive ketones (excluding diaryl/α,β-unsaturated/α-hetero) is 1. The summed E-state index contributed by atoms with van der Waals surface area (Å²) < 4.78 is 13.7. The number of hydrogen-bond acceptors (Lipinski definition) is 6. The molecule has 0 amide bonds. The molecule has 0 fully saturated rings. The molecule has 1 heterocycles. The van der Waals surface area contributed by atoms with Gasteiger partial charge in [0.15, 0.2) is 5.78 Å². The Balaban J connectivity index is 2.16. The lowest BCUT2D eigenvalue weighted by molar-refractivity contribution is -0.137. The molecule has 7 nitrogen and oxygen atoms in total. The third-order valence-electron chi connectivity index (χ3n) is 4.47. The second-order valence-corrected chi connectivity index (χ2v) is 8.22. The van der Waals surface area contributed by atoms with E-state index in [1.807, 2.05) is 0 Å². The number of rotatable bonds is 9.